The summed E-state index contributed by atoms with van der Waals surface area (Å²) in [6, 6.07) is 4.93. The van der Waals surface area contributed by atoms with E-state index in [-0.39, 0.29) is 5.56 Å². The Morgan fingerprint density at radius 2 is 1.82 bits per heavy atom. The number of hydrogen-bond donors (Lipinski definition) is 1. The lowest BCUT2D eigenvalue weighted by Crippen LogP contribution is -2.11. The van der Waals surface area contributed by atoms with Crippen molar-refractivity contribution in [3.8, 4) is 11.1 Å². The van der Waals surface area contributed by atoms with E-state index in [9.17, 15) is 13.6 Å². The average Bonchev–Trinajstić information content (AvgIpc) is 2.33. The molecular formula is C12H8F2N2O. The van der Waals surface area contributed by atoms with Crippen LogP contribution < -0.4 is 5.73 Å². The van der Waals surface area contributed by atoms with Gasteiger partial charge in [-0.05, 0) is 23.8 Å². The maximum atomic E-state index is 13.0. The fourth-order valence-electron chi connectivity index (χ4n) is 1.41. The normalized spacial score (nSPS) is 10.2. The van der Waals surface area contributed by atoms with Crippen LogP contribution in [0.25, 0.3) is 11.1 Å². The number of amides is 1. The Balaban J connectivity index is 2.49. The van der Waals surface area contributed by atoms with Crippen molar-refractivity contribution in [3.63, 3.8) is 0 Å². The molecule has 86 valence electrons. The highest BCUT2D eigenvalue weighted by Crippen LogP contribution is 2.21. The number of primary amides is 1. The molecule has 0 aliphatic carbocycles. The predicted molar refractivity (Wildman–Crippen MR) is 58.1 cm³/mol. The number of carbonyl (C=O) groups is 1. The first-order valence-electron chi connectivity index (χ1n) is 4.78. The second kappa shape index (κ2) is 4.29. The van der Waals surface area contributed by atoms with Crippen LogP contribution in [0, 0.1) is 11.6 Å². The molecule has 3 nitrogen and oxygen atoms in total. The first-order valence-corrected chi connectivity index (χ1v) is 4.78. The monoisotopic (exact) mass is 234 g/mol. The van der Waals surface area contributed by atoms with E-state index in [1.54, 1.807) is 0 Å². The topological polar surface area (TPSA) is 56.0 Å². The molecule has 5 heteroatoms. The number of nitrogens with zero attached hydrogens (tertiary/aromatic N) is 1. The highest BCUT2D eigenvalue weighted by atomic mass is 19.2. The second-order valence-electron chi connectivity index (χ2n) is 3.46. The minimum absolute atomic E-state index is 0.215. The molecule has 0 saturated carbocycles. The Labute approximate surface area is 95.9 Å². The molecular weight excluding hydrogens is 226 g/mol. The van der Waals surface area contributed by atoms with E-state index < -0.39 is 17.5 Å². The van der Waals surface area contributed by atoms with Gasteiger partial charge in [-0.3, -0.25) is 9.78 Å². The number of benzene rings is 1. The van der Waals surface area contributed by atoms with E-state index in [0.29, 0.717) is 11.1 Å². The van der Waals surface area contributed by atoms with Gasteiger partial charge >= 0.3 is 0 Å². The standard InChI is InChI=1S/C12H8F2N2O/c13-10-2-1-7(4-11(10)14)8-3-9(12(15)17)6-16-5-8/h1-6H,(H2,15,17). The van der Waals surface area contributed by atoms with Crippen LogP contribution in [0.15, 0.2) is 36.7 Å². The zero-order valence-electron chi connectivity index (χ0n) is 8.65. The highest BCUT2D eigenvalue weighted by molar-refractivity contribution is 5.93. The van der Waals surface area contributed by atoms with Gasteiger partial charge in [-0.25, -0.2) is 8.78 Å². The van der Waals surface area contributed by atoms with Crippen LogP contribution in [0.4, 0.5) is 8.78 Å². The van der Waals surface area contributed by atoms with E-state index >= 15 is 0 Å². The summed E-state index contributed by atoms with van der Waals surface area (Å²) in [7, 11) is 0. The molecule has 1 aromatic heterocycles. The molecule has 2 N–H and O–H groups in total. The van der Waals surface area contributed by atoms with Crippen molar-refractivity contribution in [3.05, 3.63) is 53.9 Å². The van der Waals surface area contributed by atoms with E-state index in [1.807, 2.05) is 0 Å². The summed E-state index contributed by atoms with van der Waals surface area (Å²) >= 11 is 0. The lowest BCUT2D eigenvalue weighted by Gasteiger charge is -2.03. The molecule has 0 bridgehead atoms. The zero-order chi connectivity index (χ0) is 12.4. The van der Waals surface area contributed by atoms with Crippen LogP contribution >= 0.6 is 0 Å². The summed E-state index contributed by atoms with van der Waals surface area (Å²) < 4.78 is 25.8. The van der Waals surface area contributed by atoms with Crippen LogP contribution in [0.1, 0.15) is 10.4 Å². The molecule has 1 aromatic carbocycles. The van der Waals surface area contributed by atoms with Crippen LogP contribution in [0.5, 0.6) is 0 Å². The van der Waals surface area contributed by atoms with Gasteiger partial charge in [0.1, 0.15) is 0 Å². The van der Waals surface area contributed by atoms with Crippen molar-refractivity contribution in [1.29, 1.82) is 0 Å². The smallest absolute Gasteiger partial charge is 0.250 e. The van der Waals surface area contributed by atoms with E-state index in [0.717, 1.165) is 12.1 Å². The molecule has 0 aliphatic heterocycles. The quantitative estimate of drug-likeness (QED) is 0.865. The number of halogens is 2. The Morgan fingerprint density at radius 1 is 1.06 bits per heavy atom. The molecule has 0 fully saturated rings. The van der Waals surface area contributed by atoms with Gasteiger partial charge in [0.05, 0.1) is 5.56 Å². The van der Waals surface area contributed by atoms with E-state index in [4.69, 9.17) is 5.73 Å². The zero-order valence-corrected chi connectivity index (χ0v) is 8.65. The molecule has 1 amide bonds. The summed E-state index contributed by atoms with van der Waals surface area (Å²) in [6.07, 6.45) is 2.75. The predicted octanol–water partition coefficient (Wildman–Crippen LogP) is 2.13. The van der Waals surface area contributed by atoms with Crippen molar-refractivity contribution in [2.75, 3.05) is 0 Å². The van der Waals surface area contributed by atoms with Crippen molar-refractivity contribution in [2.45, 2.75) is 0 Å². The largest absolute Gasteiger partial charge is 0.366 e. The van der Waals surface area contributed by atoms with Crippen LogP contribution in [-0.2, 0) is 0 Å². The van der Waals surface area contributed by atoms with Gasteiger partial charge in [0, 0.05) is 18.0 Å². The minimum atomic E-state index is -0.952. The number of nitrogens with two attached hydrogens (primary N) is 1. The minimum Gasteiger partial charge on any atom is -0.366 e. The number of rotatable bonds is 2. The number of hydrogen-bond acceptors (Lipinski definition) is 2. The molecule has 0 unspecified atom stereocenters. The Morgan fingerprint density at radius 3 is 2.47 bits per heavy atom. The molecule has 2 aromatic rings. The maximum absolute atomic E-state index is 13.0. The summed E-state index contributed by atoms with van der Waals surface area (Å²) in [4.78, 5) is 14.8. The summed E-state index contributed by atoms with van der Waals surface area (Å²) in [5.41, 5.74) is 6.25. The van der Waals surface area contributed by atoms with Crippen molar-refractivity contribution >= 4 is 5.91 Å². The Bertz CT molecular complexity index is 584. The molecule has 0 atom stereocenters. The van der Waals surface area contributed by atoms with E-state index in [1.165, 1.54) is 24.5 Å². The van der Waals surface area contributed by atoms with Crippen molar-refractivity contribution in [2.24, 2.45) is 5.73 Å². The van der Waals surface area contributed by atoms with Crippen molar-refractivity contribution in [1.82, 2.24) is 4.98 Å². The molecule has 2 rings (SSSR count). The third-order valence-electron chi connectivity index (χ3n) is 2.28. The molecule has 1 heterocycles. The number of aromatic nitrogens is 1. The van der Waals surface area contributed by atoms with Gasteiger partial charge in [0.25, 0.3) is 0 Å². The maximum Gasteiger partial charge on any atom is 0.250 e. The average molecular weight is 234 g/mol. The Kier molecular flexibility index (Phi) is 2.82. The van der Waals surface area contributed by atoms with Crippen molar-refractivity contribution < 1.29 is 13.6 Å². The van der Waals surface area contributed by atoms with Crippen LogP contribution in [0.3, 0.4) is 0 Å². The molecule has 0 aliphatic rings. The fraction of sp³-hybridized carbons (Fsp3) is 0. The molecule has 17 heavy (non-hydrogen) atoms. The summed E-state index contributed by atoms with van der Waals surface area (Å²) in [5.74, 6) is -2.50. The van der Waals surface area contributed by atoms with Crippen LogP contribution in [0.2, 0.25) is 0 Å². The second-order valence-corrected chi connectivity index (χ2v) is 3.46. The summed E-state index contributed by atoms with van der Waals surface area (Å²) in [5, 5.41) is 0. The Hall–Kier alpha value is -2.30. The first kappa shape index (κ1) is 11.2. The number of carbonyl (C=O) groups excluding carboxylic acids is 1. The van der Waals surface area contributed by atoms with Gasteiger partial charge in [-0.2, -0.15) is 0 Å². The summed E-state index contributed by atoms with van der Waals surface area (Å²) in [6.45, 7) is 0. The van der Waals surface area contributed by atoms with Gasteiger partial charge in [0.15, 0.2) is 11.6 Å². The van der Waals surface area contributed by atoms with Gasteiger partial charge in [-0.1, -0.05) is 6.07 Å². The first-order chi connectivity index (χ1) is 8.08. The molecule has 0 saturated heterocycles. The lowest BCUT2D eigenvalue weighted by atomic mass is 10.1. The lowest BCUT2D eigenvalue weighted by molar-refractivity contribution is 0.1000. The van der Waals surface area contributed by atoms with Gasteiger partial charge < -0.3 is 5.73 Å². The molecule has 0 radical (unpaired) electrons. The highest BCUT2D eigenvalue weighted by Gasteiger charge is 2.07. The van der Waals surface area contributed by atoms with E-state index in [2.05, 4.69) is 4.98 Å². The third-order valence-corrected chi connectivity index (χ3v) is 2.28. The van der Waals surface area contributed by atoms with Gasteiger partial charge in [0.2, 0.25) is 5.91 Å². The number of pyridine rings is 1. The SMILES string of the molecule is NC(=O)c1cncc(-c2ccc(F)c(F)c2)c1. The van der Waals surface area contributed by atoms with Gasteiger partial charge in [-0.15, -0.1) is 0 Å². The third kappa shape index (κ3) is 2.28. The van der Waals surface area contributed by atoms with Crippen LogP contribution in [-0.4, -0.2) is 10.9 Å². The molecule has 0 spiro atoms. The fourth-order valence-corrected chi connectivity index (χ4v) is 1.41.